The van der Waals surface area contributed by atoms with E-state index >= 15 is 0 Å². The second-order valence-corrected chi connectivity index (χ2v) is 10.4. The lowest BCUT2D eigenvalue weighted by Gasteiger charge is -2.24. The molecule has 1 amide bonds. The van der Waals surface area contributed by atoms with Crippen LogP contribution in [-0.4, -0.2) is 44.9 Å². The molecule has 6 nitrogen and oxygen atoms in total. The number of carbonyl (C=O) groups excluding carboxylic acids is 1. The Kier molecular flexibility index (Phi) is 5.65. The average molecular weight is 407 g/mol. The van der Waals surface area contributed by atoms with Crippen LogP contribution in [0.1, 0.15) is 61.7 Å². The lowest BCUT2D eigenvalue weighted by Crippen LogP contribution is -2.38. The molecular formula is C21H30N2O4S. The van der Waals surface area contributed by atoms with Crippen LogP contribution in [0.25, 0.3) is 0 Å². The smallest absolute Gasteiger partial charge is 0.255 e. The molecule has 3 unspecified atom stereocenters. The fraction of sp³-hybridized carbons (Fsp3) is 0.667. The second-order valence-electron chi connectivity index (χ2n) is 8.44. The summed E-state index contributed by atoms with van der Waals surface area (Å²) in [5, 5.41) is 3.14. The third kappa shape index (κ3) is 3.79. The largest absolute Gasteiger partial charge is 0.496 e. The quantitative estimate of drug-likeness (QED) is 0.815. The Hall–Kier alpha value is -1.60. The van der Waals surface area contributed by atoms with E-state index in [9.17, 15) is 13.2 Å². The molecule has 2 aliphatic carbocycles. The fourth-order valence-corrected chi connectivity index (χ4v) is 6.67. The van der Waals surface area contributed by atoms with Crippen molar-refractivity contribution in [2.75, 3.05) is 20.2 Å². The summed E-state index contributed by atoms with van der Waals surface area (Å²) in [6.45, 7) is 1.09. The van der Waals surface area contributed by atoms with Gasteiger partial charge in [0.15, 0.2) is 0 Å². The molecule has 7 heteroatoms. The molecule has 154 valence electrons. The van der Waals surface area contributed by atoms with Crippen molar-refractivity contribution in [3.8, 4) is 5.75 Å². The van der Waals surface area contributed by atoms with Gasteiger partial charge in [-0.3, -0.25) is 4.79 Å². The molecule has 1 N–H and O–H groups in total. The van der Waals surface area contributed by atoms with Crippen molar-refractivity contribution in [2.24, 2.45) is 11.8 Å². The van der Waals surface area contributed by atoms with Gasteiger partial charge >= 0.3 is 0 Å². The molecule has 0 aromatic heterocycles. The maximum atomic E-state index is 13.1. The molecule has 1 heterocycles. The number of rotatable bonds is 5. The molecule has 28 heavy (non-hydrogen) atoms. The number of methoxy groups -OCH3 is 1. The minimum atomic E-state index is -3.60. The Morgan fingerprint density at radius 3 is 2.46 bits per heavy atom. The first-order valence-corrected chi connectivity index (χ1v) is 11.9. The molecule has 0 spiro atoms. The summed E-state index contributed by atoms with van der Waals surface area (Å²) in [5.41, 5.74) is 0.307. The molecule has 1 aromatic carbocycles. The first-order valence-electron chi connectivity index (χ1n) is 10.5. The number of carbonyl (C=O) groups is 1. The van der Waals surface area contributed by atoms with Crippen LogP contribution < -0.4 is 10.1 Å². The van der Waals surface area contributed by atoms with E-state index in [0.717, 1.165) is 38.0 Å². The van der Waals surface area contributed by atoms with Crippen LogP contribution in [0.3, 0.4) is 0 Å². The highest BCUT2D eigenvalue weighted by Crippen LogP contribution is 2.44. The highest BCUT2D eigenvalue weighted by Gasteiger charge is 2.40. The third-order valence-corrected chi connectivity index (χ3v) is 8.57. The zero-order valence-electron chi connectivity index (χ0n) is 16.5. The number of benzene rings is 1. The van der Waals surface area contributed by atoms with Crippen LogP contribution in [0, 0.1) is 11.8 Å². The molecule has 3 aliphatic rings. The second kappa shape index (κ2) is 8.03. The summed E-state index contributed by atoms with van der Waals surface area (Å²) >= 11 is 0. The first-order chi connectivity index (χ1) is 13.5. The number of hydrogen-bond acceptors (Lipinski definition) is 4. The van der Waals surface area contributed by atoms with Gasteiger partial charge in [0.05, 0.1) is 17.6 Å². The van der Waals surface area contributed by atoms with Gasteiger partial charge in [-0.2, -0.15) is 4.31 Å². The Bertz CT molecular complexity index is 831. The fourth-order valence-electron chi connectivity index (χ4n) is 5.12. The van der Waals surface area contributed by atoms with E-state index in [4.69, 9.17) is 4.74 Å². The predicted molar refractivity (Wildman–Crippen MR) is 107 cm³/mol. The van der Waals surface area contributed by atoms with Crippen molar-refractivity contribution in [1.82, 2.24) is 9.62 Å². The monoisotopic (exact) mass is 406 g/mol. The van der Waals surface area contributed by atoms with Crippen LogP contribution in [-0.2, 0) is 10.0 Å². The van der Waals surface area contributed by atoms with Crippen LogP contribution in [0.5, 0.6) is 5.75 Å². The van der Waals surface area contributed by atoms with Crippen molar-refractivity contribution in [1.29, 1.82) is 0 Å². The van der Waals surface area contributed by atoms with Gasteiger partial charge in [0, 0.05) is 19.1 Å². The summed E-state index contributed by atoms with van der Waals surface area (Å²) < 4.78 is 33.1. The Morgan fingerprint density at radius 1 is 1.11 bits per heavy atom. The average Bonchev–Trinajstić information content (AvgIpc) is 3.20. The topological polar surface area (TPSA) is 75.7 Å². The van der Waals surface area contributed by atoms with Gasteiger partial charge in [0.2, 0.25) is 10.0 Å². The minimum absolute atomic E-state index is 0.174. The van der Waals surface area contributed by atoms with E-state index in [-0.39, 0.29) is 16.8 Å². The van der Waals surface area contributed by atoms with Crippen molar-refractivity contribution in [2.45, 2.75) is 62.3 Å². The number of hydrogen-bond donors (Lipinski definition) is 1. The lowest BCUT2D eigenvalue weighted by atomic mass is 9.95. The summed E-state index contributed by atoms with van der Waals surface area (Å²) in [5.74, 6) is 1.47. The van der Waals surface area contributed by atoms with Crippen molar-refractivity contribution in [3.05, 3.63) is 23.8 Å². The molecule has 1 aromatic rings. The van der Waals surface area contributed by atoms with Crippen LogP contribution >= 0.6 is 0 Å². The molecular weight excluding hydrogens is 376 g/mol. The lowest BCUT2D eigenvalue weighted by molar-refractivity contribution is 0.0919. The first kappa shape index (κ1) is 19.7. The van der Waals surface area contributed by atoms with Gasteiger partial charge in [-0.1, -0.05) is 19.3 Å². The van der Waals surface area contributed by atoms with Crippen molar-refractivity contribution < 1.29 is 17.9 Å². The minimum Gasteiger partial charge on any atom is -0.496 e. The van der Waals surface area contributed by atoms with E-state index in [1.54, 1.807) is 16.4 Å². The maximum Gasteiger partial charge on any atom is 0.255 e. The molecule has 2 saturated carbocycles. The Balaban J connectivity index is 1.57. The van der Waals surface area contributed by atoms with Crippen LogP contribution in [0.4, 0.5) is 0 Å². The predicted octanol–water partition coefficient (Wildman–Crippen LogP) is 3.18. The van der Waals surface area contributed by atoms with E-state index < -0.39 is 10.0 Å². The van der Waals surface area contributed by atoms with Gasteiger partial charge in [-0.15, -0.1) is 0 Å². The van der Waals surface area contributed by atoms with Crippen LogP contribution in [0.15, 0.2) is 23.1 Å². The highest BCUT2D eigenvalue weighted by atomic mass is 32.2. The summed E-state index contributed by atoms with van der Waals surface area (Å²) in [6.07, 6.45) is 8.56. The molecule has 0 radical (unpaired) electrons. The Morgan fingerprint density at radius 2 is 1.86 bits per heavy atom. The van der Waals surface area contributed by atoms with Gasteiger partial charge in [-0.25, -0.2) is 8.42 Å². The summed E-state index contributed by atoms with van der Waals surface area (Å²) in [7, 11) is -2.10. The summed E-state index contributed by atoms with van der Waals surface area (Å²) in [4.78, 5) is 13.1. The van der Waals surface area contributed by atoms with Gasteiger partial charge < -0.3 is 10.1 Å². The molecule has 1 saturated heterocycles. The molecule has 4 rings (SSSR count). The number of nitrogens with zero attached hydrogens (tertiary/aromatic N) is 1. The molecule has 1 aliphatic heterocycles. The normalized spacial score (nSPS) is 28.1. The number of sulfonamides is 1. The Labute approximate surface area is 167 Å². The van der Waals surface area contributed by atoms with Crippen molar-refractivity contribution in [3.63, 3.8) is 0 Å². The van der Waals surface area contributed by atoms with Gasteiger partial charge in [0.1, 0.15) is 5.75 Å². The standard InChI is InChI=1S/C21H30N2O4S/c1-27-20-9-8-17(28(25,26)23-10-4-2-3-5-11-23)14-18(20)21(24)22-19-13-15-6-7-16(19)12-15/h8-9,14-16,19H,2-7,10-13H2,1H3,(H,22,24). The number of fused-ring (bicyclic) bond motifs is 2. The van der Waals surface area contributed by atoms with Crippen LogP contribution in [0.2, 0.25) is 0 Å². The SMILES string of the molecule is COc1ccc(S(=O)(=O)N2CCCCCC2)cc1C(=O)NC1CC2CCC1C2. The number of nitrogens with one attached hydrogen (secondary N) is 1. The van der Waals surface area contributed by atoms with Gasteiger partial charge in [0.25, 0.3) is 5.91 Å². The molecule has 3 fully saturated rings. The third-order valence-electron chi connectivity index (χ3n) is 6.67. The molecule has 3 atom stereocenters. The maximum absolute atomic E-state index is 13.1. The van der Waals surface area contributed by atoms with E-state index in [0.29, 0.717) is 30.3 Å². The zero-order valence-corrected chi connectivity index (χ0v) is 17.3. The number of amides is 1. The van der Waals surface area contributed by atoms with E-state index in [2.05, 4.69) is 5.32 Å². The van der Waals surface area contributed by atoms with E-state index in [1.165, 1.54) is 32.4 Å². The van der Waals surface area contributed by atoms with E-state index in [1.807, 2.05) is 0 Å². The molecule has 2 bridgehead atoms. The highest BCUT2D eigenvalue weighted by molar-refractivity contribution is 7.89. The zero-order chi connectivity index (χ0) is 19.7. The number of ether oxygens (including phenoxy) is 1. The van der Waals surface area contributed by atoms with Gasteiger partial charge in [-0.05, 0) is 62.1 Å². The van der Waals surface area contributed by atoms with Crippen molar-refractivity contribution >= 4 is 15.9 Å². The summed E-state index contributed by atoms with van der Waals surface area (Å²) in [6, 6.07) is 4.83.